The van der Waals surface area contributed by atoms with Crippen molar-refractivity contribution < 1.29 is 24.2 Å². The number of ether oxygens (including phenoxy) is 2. The topological polar surface area (TPSA) is 72.8 Å². The number of hydrogen-bond acceptors (Lipinski definition) is 5. The summed E-state index contributed by atoms with van der Waals surface area (Å²) in [6.07, 6.45) is 10.6. The summed E-state index contributed by atoms with van der Waals surface area (Å²) >= 11 is 0. The van der Waals surface area contributed by atoms with E-state index >= 15 is 0 Å². The molecule has 1 heterocycles. The van der Waals surface area contributed by atoms with E-state index in [1.165, 1.54) is 5.57 Å². The number of carbonyl (C=O) groups is 2. The largest absolute Gasteiger partial charge is 0.462 e. The summed E-state index contributed by atoms with van der Waals surface area (Å²) in [6, 6.07) is 0. The molecular weight excluding hydrogens is 356 g/mol. The molecule has 0 spiro atoms. The highest BCUT2D eigenvalue weighted by molar-refractivity contribution is 5.72. The summed E-state index contributed by atoms with van der Waals surface area (Å²) in [4.78, 5) is 24.1. The summed E-state index contributed by atoms with van der Waals surface area (Å²) in [5, 5.41) is 9.86. The predicted molar refractivity (Wildman–Crippen MR) is 106 cm³/mol. The third-order valence-electron chi connectivity index (χ3n) is 6.69. The number of esters is 2. The van der Waals surface area contributed by atoms with Crippen LogP contribution in [0.15, 0.2) is 23.8 Å². The average molecular weight is 391 g/mol. The van der Waals surface area contributed by atoms with E-state index in [0.29, 0.717) is 18.3 Å². The molecule has 3 aliphatic rings. The molecule has 1 N–H and O–H groups in total. The Morgan fingerprint density at radius 2 is 2.18 bits per heavy atom. The summed E-state index contributed by atoms with van der Waals surface area (Å²) in [5.74, 6) is 0.426. The number of aliphatic hydroxyl groups excluding tert-OH is 1. The normalized spacial score (nSPS) is 36.1. The van der Waals surface area contributed by atoms with E-state index in [4.69, 9.17) is 9.47 Å². The molecule has 1 aliphatic heterocycles. The van der Waals surface area contributed by atoms with Crippen molar-refractivity contribution in [3.63, 3.8) is 0 Å². The van der Waals surface area contributed by atoms with Crippen LogP contribution in [0.5, 0.6) is 0 Å². The molecule has 156 valence electrons. The van der Waals surface area contributed by atoms with Gasteiger partial charge in [-0.2, -0.15) is 0 Å². The predicted octanol–water partition coefficient (Wildman–Crippen LogP) is 3.95. The maximum absolute atomic E-state index is 12.4. The van der Waals surface area contributed by atoms with Gasteiger partial charge in [0.25, 0.3) is 0 Å². The highest BCUT2D eigenvalue weighted by Crippen LogP contribution is 2.44. The Bertz CT molecular complexity index is 637. The monoisotopic (exact) mass is 390 g/mol. The SMILES string of the molecule is CC[C@H](C)C(=O)O[C@@H]1CCC=C2C=C[C@H](C)[C@H](CC[C@@H]3C[C@H](O)CC(=O)O3)[C@H]21. The Kier molecular flexibility index (Phi) is 6.97. The number of allylic oxidation sites excluding steroid dienone is 3. The smallest absolute Gasteiger partial charge is 0.308 e. The molecule has 0 aromatic heterocycles. The van der Waals surface area contributed by atoms with E-state index in [1.807, 2.05) is 13.8 Å². The van der Waals surface area contributed by atoms with Crippen molar-refractivity contribution >= 4 is 11.9 Å². The molecule has 1 fully saturated rings. The van der Waals surface area contributed by atoms with E-state index in [1.54, 1.807) is 0 Å². The van der Waals surface area contributed by atoms with Crippen LogP contribution in [-0.4, -0.2) is 35.4 Å². The maximum atomic E-state index is 12.4. The van der Waals surface area contributed by atoms with Crippen molar-refractivity contribution in [1.82, 2.24) is 0 Å². The molecule has 0 aromatic rings. The Labute approximate surface area is 168 Å². The molecule has 0 amide bonds. The van der Waals surface area contributed by atoms with Crippen LogP contribution in [0.3, 0.4) is 0 Å². The molecule has 0 saturated carbocycles. The minimum atomic E-state index is -0.593. The molecule has 0 bridgehead atoms. The lowest BCUT2D eigenvalue weighted by atomic mass is 9.66. The van der Waals surface area contributed by atoms with Gasteiger partial charge in [-0.25, -0.2) is 0 Å². The summed E-state index contributed by atoms with van der Waals surface area (Å²) < 4.78 is 11.4. The second-order valence-corrected chi connectivity index (χ2v) is 8.76. The molecular formula is C23H34O5. The minimum absolute atomic E-state index is 0.0764. The number of fused-ring (bicyclic) bond motifs is 1. The van der Waals surface area contributed by atoms with Gasteiger partial charge in [0, 0.05) is 12.3 Å². The highest BCUT2D eigenvalue weighted by atomic mass is 16.5. The number of carbonyl (C=O) groups excluding carboxylic acids is 2. The van der Waals surface area contributed by atoms with Crippen LogP contribution < -0.4 is 0 Å². The summed E-state index contributed by atoms with van der Waals surface area (Å²) in [7, 11) is 0. The van der Waals surface area contributed by atoms with Crippen LogP contribution in [0, 0.1) is 23.7 Å². The van der Waals surface area contributed by atoms with Crippen molar-refractivity contribution in [2.75, 3.05) is 0 Å². The Morgan fingerprint density at radius 3 is 2.89 bits per heavy atom. The molecule has 5 nitrogen and oxygen atoms in total. The second-order valence-electron chi connectivity index (χ2n) is 8.76. The quantitative estimate of drug-likeness (QED) is 0.695. The first-order chi connectivity index (χ1) is 13.4. The zero-order chi connectivity index (χ0) is 20.3. The fourth-order valence-electron chi connectivity index (χ4n) is 4.80. The van der Waals surface area contributed by atoms with Crippen LogP contribution in [0.1, 0.15) is 65.7 Å². The fourth-order valence-corrected chi connectivity index (χ4v) is 4.80. The second kappa shape index (κ2) is 9.25. The van der Waals surface area contributed by atoms with Gasteiger partial charge in [0.2, 0.25) is 0 Å². The number of cyclic esters (lactones) is 1. The molecule has 0 radical (unpaired) electrons. The molecule has 0 aromatic carbocycles. The lowest BCUT2D eigenvalue weighted by molar-refractivity contribution is -0.162. The molecule has 7 atom stereocenters. The Hall–Kier alpha value is -1.62. The van der Waals surface area contributed by atoms with Gasteiger partial charge < -0.3 is 14.6 Å². The third-order valence-corrected chi connectivity index (χ3v) is 6.69. The van der Waals surface area contributed by atoms with Gasteiger partial charge in [0.05, 0.1) is 18.4 Å². The van der Waals surface area contributed by atoms with Crippen molar-refractivity contribution in [2.24, 2.45) is 23.7 Å². The third kappa shape index (κ3) is 4.86. The maximum Gasteiger partial charge on any atom is 0.308 e. The lowest BCUT2D eigenvalue weighted by Crippen LogP contribution is -2.40. The van der Waals surface area contributed by atoms with Crippen LogP contribution >= 0.6 is 0 Å². The highest BCUT2D eigenvalue weighted by Gasteiger charge is 2.40. The Morgan fingerprint density at radius 1 is 1.39 bits per heavy atom. The zero-order valence-electron chi connectivity index (χ0n) is 17.3. The van der Waals surface area contributed by atoms with Gasteiger partial charge in [0.1, 0.15) is 12.2 Å². The molecule has 28 heavy (non-hydrogen) atoms. The molecule has 3 rings (SSSR count). The number of aliphatic hydroxyl groups is 1. The lowest BCUT2D eigenvalue weighted by Gasteiger charge is -2.42. The standard InChI is InChI=1S/C23H34O5/c1-4-14(2)23(26)28-20-7-5-6-16-9-8-15(3)19(22(16)20)11-10-18-12-17(24)13-21(25)27-18/h6,8-9,14-15,17-20,22,24H,4-5,7,10-13H2,1-3H3/t14-,15-,17-,18+,19-,20+,22-/m0/s1. The van der Waals surface area contributed by atoms with Gasteiger partial charge >= 0.3 is 11.9 Å². The van der Waals surface area contributed by atoms with Crippen molar-refractivity contribution in [3.05, 3.63) is 23.8 Å². The first-order valence-corrected chi connectivity index (χ1v) is 10.8. The van der Waals surface area contributed by atoms with Crippen molar-refractivity contribution in [2.45, 2.75) is 84.0 Å². The fraction of sp³-hybridized carbons (Fsp3) is 0.739. The van der Waals surface area contributed by atoms with Gasteiger partial charge in [0.15, 0.2) is 0 Å². The van der Waals surface area contributed by atoms with E-state index in [2.05, 4.69) is 25.2 Å². The first kappa shape index (κ1) is 21.1. The van der Waals surface area contributed by atoms with Gasteiger partial charge in [-0.05, 0) is 49.5 Å². The van der Waals surface area contributed by atoms with Crippen LogP contribution in [-0.2, 0) is 19.1 Å². The summed E-state index contributed by atoms with van der Waals surface area (Å²) in [5.41, 5.74) is 1.27. The van der Waals surface area contributed by atoms with Crippen LogP contribution in [0.2, 0.25) is 0 Å². The Balaban J connectivity index is 1.70. The number of hydrogen-bond donors (Lipinski definition) is 1. The average Bonchev–Trinajstić information content (AvgIpc) is 2.66. The van der Waals surface area contributed by atoms with E-state index in [9.17, 15) is 14.7 Å². The van der Waals surface area contributed by atoms with Gasteiger partial charge in [-0.1, -0.05) is 39.0 Å². The van der Waals surface area contributed by atoms with Crippen molar-refractivity contribution in [3.8, 4) is 0 Å². The van der Waals surface area contributed by atoms with Crippen LogP contribution in [0.4, 0.5) is 0 Å². The van der Waals surface area contributed by atoms with Gasteiger partial charge in [-0.3, -0.25) is 9.59 Å². The molecule has 5 heteroatoms. The van der Waals surface area contributed by atoms with E-state index < -0.39 is 6.10 Å². The summed E-state index contributed by atoms with van der Waals surface area (Å²) in [6.45, 7) is 6.14. The van der Waals surface area contributed by atoms with E-state index in [-0.39, 0.29) is 42.4 Å². The molecule has 2 aliphatic carbocycles. The molecule has 0 unspecified atom stereocenters. The van der Waals surface area contributed by atoms with E-state index in [0.717, 1.165) is 32.1 Å². The van der Waals surface area contributed by atoms with Crippen LogP contribution in [0.25, 0.3) is 0 Å². The minimum Gasteiger partial charge on any atom is -0.462 e. The number of rotatable bonds is 6. The van der Waals surface area contributed by atoms with Crippen molar-refractivity contribution in [1.29, 1.82) is 0 Å². The molecule has 1 saturated heterocycles. The van der Waals surface area contributed by atoms with Gasteiger partial charge in [-0.15, -0.1) is 0 Å². The first-order valence-electron chi connectivity index (χ1n) is 10.8. The zero-order valence-corrected chi connectivity index (χ0v) is 17.3.